The number of benzene rings is 2. The summed E-state index contributed by atoms with van der Waals surface area (Å²) in [5, 5.41) is 3.39. The summed E-state index contributed by atoms with van der Waals surface area (Å²) in [6.45, 7) is 2.01. The molecule has 0 aliphatic heterocycles. The van der Waals surface area contributed by atoms with Gasteiger partial charge in [0.1, 0.15) is 5.75 Å². The lowest BCUT2D eigenvalue weighted by atomic mass is 10.1. The number of carbonyl (C=O) groups is 1. The molecule has 2 aromatic rings. The first-order chi connectivity index (χ1) is 10.1. The second kappa shape index (κ2) is 7.48. The highest BCUT2D eigenvalue weighted by Crippen LogP contribution is 2.23. The lowest BCUT2D eigenvalue weighted by Crippen LogP contribution is -2.20. The van der Waals surface area contributed by atoms with Crippen molar-refractivity contribution in [3.8, 4) is 5.75 Å². The van der Waals surface area contributed by atoms with Gasteiger partial charge in [0.15, 0.2) is 6.61 Å². The van der Waals surface area contributed by atoms with Crippen LogP contribution in [0.2, 0.25) is 5.02 Å². The number of aryl methyl sites for hydroxylation is 1. The fraction of sp³-hybridized carbons (Fsp3) is 0.188. The number of carbonyl (C=O) groups excluding carboxylic acids is 1. The van der Waals surface area contributed by atoms with E-state index in [2.05, 4.69) is 21.2 Å². The Bertz CT molecular complexity index is 629. The van der Waals surface area contributed by atoms with E-state index < -0.39 is 0 Å². The number of anilines is 1. The molecular formula is C16H15BrClNO2. The zero-order chi connectivity index (χ0) is 15.2. The van der Waals surface area contributed by atoms with Crippen LogP contribution >= 0.6 is 27.5 Å². The van der Waals surface area contributed by atoms with Crippen LogP contribution in [0.1, 0.15) is 12.5 Å². The Morgan fingerprint density at radius 1 is 1.24 bits per heavy atom. The molecule has 0 heterocycles. The zero-order valence-electron chi connectivity index (χ0n) is 11.5. The van der Waals surface area contributed by atoms with Crippen molar-refractivity contribution in [3.63, 3.8) is 0 Å². The van der Waals surface area contributed by atoms with Crippen molar-refractivity contribution in [1.29, 1.82) is 0 Å². The highest BCUT2D eigenvalue weighted by atomic mass is 79.9. The van der Waals surface area contributed by atoms with Crippen molar-refractivity contribution in [2.75, 3.05) is 11.9 Å². The maximum atomic E-state index is 11.9. The fourth-order valence-electron chi connectivity index (χ4n) is 1.84. The maximum Gasteiger partial charge on any atom is 0.262 e. The average Bonchev–Trinajstić information content (AvgIpc) is 2.48. The van der Waals surface area contributed by atoms with Crippen molar-refractivity contribution in [1.82, 2.24) is 0 Å². The van der Waals surface area contributed by atoms with Crippen LogP contribution in [0, 0.1) is 0 Å². The third-order valence-electron chi connectivity index (χ3n) is 2.89. The standard InChI is InChI=1S/C16H15BrClNO2/c1-2-11-9-12(17)3-8-15(11)21-10-16(20)19-14-6-4-13(18)5-7-14/h3-9H,2,10H2,1H3,(H,19,20). The van der Waals surface area contributed by atoms with Crippen LogP contribution < -0.4 is 10.1 Å². The highest BCUT2D eigenvalue weighted by Gasteiger charge is 2.07. The minimum absolute atomic E-state index is 0.0305. The maximum absolute atomic E-state index is 11.9. The summed E-state index contributed by atoms with van der Waals surface area (Å²) in [7, 11) is 0. The lowest BCUT2D eigenvalue weighted by molar-refractivity contribution is -0.118. The molecule has 2 aromatic carbocycles. The van der Waals surface area contributed by atoms with E-state index in [1.807, 2.05) is 25.1 Å². The molecule has 0 unspecified atom stereocenters. The summed E-state index contributed by atoms with van der Waals surface area (Å²) in [5.74, 6) is 0.522. The molecule has 0 aliphatic carbocycles. The molecule has 0 aliphatic rings. The van der Waals surface area contributed by atoms with Crippen LogP contribution in [0.25, 0.3) is 0 Å². The van der Waals surface area contributed by atoms with Gasteiger partial charge >= 0.3 is 0 Å². The van der Waals surface area contributed by atoms with E-state index in [-0.39, 0.29) is 12.5 Å². The summed E-state index contributed by atoms with van der Waals surface area (Å²) < 4.78 is 6.58. The predicted octanol–water partition coefficient (Wildman–Crippen LogP) is 4.68. The Labute approximate surface area is 137 Å². The highest BCUT2D eigenvalue weighted by molar-refractivity contribution is 9.10. The van der Waals surface area contributed by atoms with Crippen LogP contribution in [0.5, 0.6) is 5.75 Å². The molecule has 21 heavy (non-hydrogen) atoms. The fourth-order valence-corrected chi connectivity index (χ4v) is 2.37. The van der Waals surface area contributed by atoms with E-state index in [4.69, 9.17) is 16.3 Å². The molecular weight excluding hydrogens is 354 g/mol. The molecule has 0 atom stereocenters. The summed E-state index contributed by atoms with van der Waals surface area (Å²) in [6, 6.07) is 12.7. The molecule has 0 saturated carbocycles. The van der Waals surface area contributed by atoms with E-state index in [1.165, 1.54) is 0 Å². The quantitative estimate of drug-likeness (QED) is 0.832. The molecule has 5 heteroatoms. The summed E-state index contributed by atoms with van der Waals surface area (Å²) in [5.41, 5.74) is 1.75. The Morgan fingerprint density at radius 3 is 2.62 bits per heavy atom. The number of nitrogens with one attached hydrogen (secondary N) is 1. The van der Waals surface area contributed by atoms with E-state index >= 15 is 0 Å². The molecule has 2 rings (SSSR count). The first-order valence-electron chi connectivity index (χ1n) is 6.55. The van der Waals surface area contributed by atoms with Crippen LogP contribution in [-0.2, 0) is 11.2 Å². The molecule has 3 nitrogen and oxygen atoms in total. The van der Waals surface area contributed by atoms with Crippen molar-refractivity contribution in [2.24, 2.45) is 0 Å². The second-order valence-electron chi connectivity index (χ2n) is 4.45. The molecule has 0 spiro atoms. The van der Waals surface area contributed by atoms with Gasteiger partial charge in [-0.1, -0.05) is 34.5 Å². The largest absolute Gasteiger partial charge is 0.483 e. The SMILES string of the molecule is CCc1cc(Br)ccc1OCC(=O)Nc1ccc(Cl)cc1. The third kappa shape index (κ3) is 4.76. The second-order valence-corrected chi connectivity index (χ2v) is 5.80. The molecule has 0 aromatic heterocycles. The smallest absolute Gasteiger partial charge is 0.262 e. The van der Waals surface area contributed by atoms with Crippen molar-refractivity contribution in [3.05, 3.63) is 57.5 Å². The first kappa shape index (κ1) is 15.9. The third-order valence-corrected chi connectivity index (χ3v) is 3.64. The molecule has 110 valence electrons. The molecule has 0 saturated heterocycles. The van der Waals surface area contributed by atoms with Gasteiger partial charge in [-0.2, -0.15) is 0 Å². The van der Waals surface area contributed by atoms with Gasteiger partial charge < -0.3 is 10.1 Å². The van der Waals surface area contributed by atoms with E-state index in [9.17, 15) is 4.79 Å². The number of halogens is 2. The molecule has 1 amide bonds. The normalized spacial score (nSPS) is 10.2. The van der Waals surface area contributed by atoms with Crippen LogP contribution in [0.3, 0.4) is 0 Å². The molecule has 0 fully saturated rings. The van der Waals surface area contributed by atoms with Gasteiger partial charge in [-0.25, -0.2) is 0 Å². The lowest BCUT2D eigenvalue weighted by Gasteiger charge is -2.11. The van der Waals surface area contributed by atoms with Gasteiger partial charge in [0.05, 0.1) is 0 Å². The Hall–Kier alpha value is -1.52. The summed E-state index contributed by atoms with van der Waals surface area (Å²) in [6.07, 6.45) is 0.841. The Morgan fingerprint density at radius 2 is 1.95 bits per heavy atom. The van der Waals surface area contributed by atoms with E-state index in [1.54, 1.807) is 24.3 Å². The molecule has 0 bridgehead atoms. The number of ether oxygens (including phenoxy) is 1. The molecule has 0 radical (unpaired) electrons. The van der Waals surface area contributed by atoms with Gasteiger partial charge in [-0.15, -0.1) is 0 Å². The number of rotatable bonds is 5. The minimum Gasteiger partial charge on any atom is -0.483 e. The van der Waals surface area contributed by atoms with Crippen LogP contribution in [0.4, 0.5) is 5.69 Å². The summed E-state index contributed by atoms with van der Waals surface area (Å²) in [4.78, 5) is 11.9. The monoisotopic (exact) mass is 367 g/mol. The van der Waals surface area contributed by atoms with Gasteiger partial charge in [0, 0.05) is 15.2 Å². The zero-order valence-corrected chi connectivity index (χ0v) is 13.9. The number of amides is 1. The summed E-state index contributed by atoms with van der Waals surface area (Å²) >= 11 is 9.22. The minimum atomic E-state index is -0.206. The van der Waals surface area contributed by atoms with Crippen LogP contribution in [0.15, 0.2) is 46.9 Å². The average molecular weight is 369 g/mol. The van der Waals surface area contributed by atoms with Gasteiger partial charge in [-0.3, -0.25) is 4.79 Å². The first-order valence-corrected chi connectivity index (χ1v) is 7.72. The number of hydrogen-bond acceptors (Lipinski definition) is 2. The van der Waals surface area contributed by atoms with E-state index in [0.29, 0.717) is 10.7 Å². The van der Waals surface area contributed by atoms with Crippen molar-refractivity contribution < 1.29 is 9.53 Å². The Kier molecular flexibility index (Phi) is 5.65. The number of hydrogen-bond donors (Lipinski definition) is 1. The molecule has 1 N–H and O–H groups in total. The van der Waals surface area contributed by atoms with Crippen LogP contribution in [-0.4, -0.2) is 12.5 Å². The predicted molar refractivity (Wildman–Crippen MR) is 89.1 cm³/mol. The van der Waals surface area contributed by atoms with E-state index in [0.717, 1.165) is 22.2 Å². The van der Waals surface area contributed by atoms with Gasteiger partial charge in [0.25, 0.3) is 5.91 Å². The topological polar surface area (TPSA) is 38.3 Å². The van der Waals surface area contributed by atoms with Crippen molar-refractivity contribution in [2.45, 2.75) is 13.3 Å². The van der Waals surface area contributed by atoms with Crippen molar-refractivity contribution >= 4 is 39.1 Å². The Balaban J connectivity index is 1.93. The van der Waals surface area contributed by atoms with Gasteiger partial charge in [0.2, 0.25) is 0 Å². The van der Waals surface area contributed by atoms with Gasteiger partial charge in [-0.05, 0) is 54.4 Å².